The van der Waals surface area contributed by atoms with Crippen molar-refractivity contribution in [2.75, 3.05) is 0 Å². The Hall–Kier alpha value is -2.60. The molecule has 3 rings (SSSR count). The van der Waals surface area contributed by atoms with Crippen molar-refractivity contribution in [1.82, 2.24) is 15.0 Å². The summed E-state index contributed by atoms with van der Waals surface area (Å²) in [4.78, 5) is 23.9. The Morgan fingerprint density at radius 1 is 1.19 bits per heavy atom. The van der Waals surface area contributed by atoms with E-state index in [-0.39, 0.29) is 5.56 Å². The van der Waals surface area contributed by atoms with Crippen LogP contribution < -0.4 is 5.11 Å². The molecule has 0 radical (unpaired) electrons. The molecule has 0 bridgehead atoms. The maximum absolute atomic E-state index is 11.4. The Morgan fingerprint density at radius 3 is 2.71 bits per heavy atom. The maximum Gasteiger partial charge on any atom is 0.125 e. The van der Waals surface area contributed by atoms with Crippen molar-refractivity contribution in [2.24, 2.45) is 0 Å². The number of nitrogens with zero attached hydrogens (tertiary/aromatic N) is 3. The van der Waals surface area contributed by atoms with Crippen LogP contribution >= 0.6 is 11.3 Å². The highest BCUT2D eigenvalue weighted by molar-refractivity contribution is 7.13. The van der Waals surface area contributed by atoms with Crippen LogP contribution in [0.5, 0.6) is 0 Å². The Bertz CT molecular complexity index is 800. The van der Waals surface area contributed by atoms with Crippen molar-refractivity contribution >= 4 is 17.3 Å². The van der Waals surface area contributed by atoms with Crippen molar-refractivity contribution in [2.45, 2.75) is 6.92 Å². The molecular weight excluding hydrogens is 286 g/mol. The summed E-state index contributed by atoms with van der Waals surface area (Å²) in [6.45, 7) is 1.92. The van der Waals surface area contributed by atoms with Gasteiger partial charge in [-0.1, -0.05) is 0 Å². The number of rotatable bonds is 3. The summed E-state index contributed by atoms with van der Waals surface area (Å²) in [5.41, 5.74) is 2.84. The fourth-order valence-corrected chi connectivity index (χ4v) is 2.67. The minimum Gasteiger partial charge on any atom is -0.545 e. The molecule has 3 aromatic rings. The van der Waals surface area contributed by atoms with Gasteiger partial charge in [0.05, 0.1) is 11.7 Å². The largest absolute Gasteiger partial charge is 0.545 e. The van der Waals surface area contributed by atoms with Gasteiger partial charge in [-0.05, 0) is 24.6 Å². The molecule has 0 spiro atoms. The molecule has 0 aliphatic rings. The van der Waals surface area contributed by atoms with Crippen LogP contribution in [-0.2, 0) is 0 Å². The number of hydrogen-bond donors (Lipinski definition) is 0. The summed E-state index contributed by atoms with van der Waals surface area (Å²) in [5, 5.41) is 13.8. The summed E-state index contributed by atoms with van der Waals surface area (Å²) in [6, 6.07) is 3.40. The molecule has 0 amide bonds. The molecule has 0 aliphatic carbocycles. The number of pyridine rings is 2. The molecule has 0 saturated carbocycles. The Balaban J connectivity index is 2.14. The first-order valence-electron chi connectivity index (χ1n) is 6.18. The first kappa shape index (κ1) is 13.4. The first-order chi connectivity index (χ1) is 10.1. The quantitative estimate of drug-likeness (QED) is 0.738. The van der Waals surface area contributed by atoms with Crippen LogP contribution in [0, 0.1) is 6.92 Å². The smallest absolute Gasteiger partial charge is 0.125 e. The number of aromatic nitrogens is 3. The monoisotopic (exact) mass is 296 g/mol. The number of carboxylic acids is 1. The lowest BCUT2D eigenvalue weighted by Crippen LogP contribution is -2.23. The molecule has 0 fully saturated rings. The summed E-state index contributed by atoms with van der Waals surface area (Å²) < 4.78 is 0. The molecule has 3 heterocycles. The van der Waals surface area contributed by atoms with Gasteiger partial charge in [-0.25, -0.2) is 4.98 Å². The highest BCUT2D eigenvalue weighted by atomic mass is 32.1. The van der Waals surface area contributed by atoms with E-state index in [0.717, 1.165) is 11.1 Å². The lowest BCUT2D eigenvalue weighted by atomic mass is 10.1. The van der Waals surface area contributed by atoms with Crippen molar-refractivity contribution in [1.29, 1.82) is 0 Å². The van der Waals surface area contributed by atoms with Crippen LogP contribution in [0.1, 0.15) is 15.9 Å². The Morgan fingerprint density at radius 2 is 2.05 bits per heavy atom. The molecule has 0 saturated heterocycles. The van der Waals surface area contributed by atoms with Crippen LogP contribution in [0.4, 0.5) is 0 Å². The zero-order chi connectivity index (χ0) is 14.8. The van der Waals surface area contributed by atoms with Gasteiger partial charge in [0.2, 0.25) is 0 Å². The Kier molecular flexibility index (Phi) is 3.45. The van der Waals surface area contributed by atoms with Gasteiger partial charge < -0.3 is 9.90 Å². The number of carboxylic acid groups (broad SMARTS) is 1. The second-order valence-electron chi connectivity index (χ2n) is 4.49. The topological polar surface area (TPSA) is 78.8 Å². The van der Waals surface area contributed by atoms with Crippen molar-refractivity contribution in [3.05, 3.63) is 53.4 Å². The van der Waals surface area contributed by atoms with Gasteiger partial charge in [-0.15, -0.1) is 11.3 Å². The third kappa shape index (κ3) is 2.66. The van der Waals surface area contributed by atoms with E-state index in [1.807, 2.05) is 13.0 Å². The van der Waals surface area contributed by atoms with E-state index in [2.05, 4.69) is 15.0 Å². The predicted octanol–water partition coefficient (Wildman–Crippen LogP) is 1.94. The van der Waals surface area contributed by atoms with Crippen molar-refractivity contribution < 1.29 is 9.90 Å². The van der Waals surface area contributed by atoms with Gasteiger partial charge in [-0.3, -0.25) is 9.97 Å². The van der Waals surface area contributed by atoms with Crippen LogP contribution in [0.2, 0.25) is 0 Å². The van der Waals surface area contributed by atoms with E-state index in [9.17, 15) is 9.90 Å². The molecule has 21 heavy (non-hydrogen) atoms. The van der Waals surface area contributed by atoms with E-state index in [1.54, 1.807) is 24.0 Å². The predicted molar refractivity (Wildman–Crippen MR) is 77.6 cm³/mol. The molecule has 0 atom stereocenters. The van der Waals surface area contributed by atoms with Crippen molar-refractivity contribution in [3.63, 3.8) is 0 Å². The third-order valence-corrected chi connectivity index (χ3v) is 3.76. The summed E-state index contributed by atoms with van der Waals surface area (Å²) in [6.07, 6.45) is 6.52. The normalized spacial score (nSPS) is 10.5. The second-order valence-corrected chi connectivity index (χ2v) is 5.39. The zero-order valence-electron chi connectivity index (χ0n) is 11.1. The van der Waals surface area contributed by atoms with Crippen LogP contribution in [0.25, 0.3) is 21.8 Å². The molecule has 5 nitrogen and oxygen atoms in total. The standard InChI is InChI=1S/C15H11N3O2S/c1-9-4-10(7-16-6-9)13-5-11(15(19)20)12(8-18-13)14-17-2-3-21-14/h2-8H,1H3,(H,19,20)/p-1. The molecule has 6 heteroatoms. The number of thiazole rings is 1. The molecule has 0 aliphatic heterocycles. The number of hydrogen-bond acceptors (Lipinski definition) is 6. The molecule has 0 unspecified atom stereocenters. The van der Waals surface area contributed by atoms with Crippen LogP contribution in [0.15, 0.2) is 42.3 Å². The summed E-state index contributed by atoms with van der Waals surface area (Å²) in [7, 11) is 0. The van der Waals surface area contributed by atoms with Gasteiger partial charge >= 0.3 is 0 Å². The van der Waals surface area contributed by atoms with E-state index < -0.39 is 5.97 Å². The number of aromatic carboxylic acids is 1. The highest BCUT2D eigenvalue weighted by Crippen LogP contribution is 2.28. The van der Waals surface area contributed by atoms with E-state index in [1.165, 1.54) is 23.6 Å². The average molecular weight is 296 g/mol. The SMILES string of the molecule is Cc1cncc(-c2cc(C(=O)[O-])c(-c3nccs3)cn2)c1. The summed E-state index contributed by atoms with van der Waals surface area (Å²) >= 11 is 1.36. The molecule has 0 N–H and O–H groups in total. The van der Waals surface area contributed by atoms with E-state index >= 15 is 0 Å². The Labute approximate surface area is 125 Å². The summed E-state index contributed by atoms with van der Waals surface area (Å²) in [5.74, 6) is -1.25. The zero-order valence-corrected chi connectivity index (χ0v) is 11.9. The third-order valence-electron chi connectivity index (χ3n) is 2.96. The number of carbonyl (C=O) groups excluding carboxylic acids is 1. The lowest BCUT2D eigenvalue weighted by Gasteiger charge is -2.10. The highest BCUT2D eigenvalue weighted by Gasteiger charge is 2.12. The van der Waals surface area contributed by atoms with Gasteiger partial charge in [0.25, 0.3) is 0 Å². The maximum atomic E-state index is 11.4. The lowest BCUT2D eigenvalue weighted by molar-refractivity contribution is -0.254. The van der Waals surface area contributed by atoms with Gasteiger partial charge in [-0.2, -0.15) is 0 Å². The average Bonchev–Trinajstić information content (AvgIpc) is 3.00. The number of aryl methyl sites for hydroxylation is 1. The fraction of sp³-hybridized carbons (Fsp3) is 0.0667. The second kappa shape index (κ2) is 5.41. The van der Waals surface area contributed by atoms with Crippen LogP contribution in [0.3, 0.4) is 0 Å². The first-order valence-corrected chi connectivity index (χ1v) is 7.06. The minimum absolute atomic E-state index is 0.0801. The molecule has 0 aromatic carbocycles. The van der Waals surface area contributed by atoms with E-state index in [4.69, 9.17) is 0 Å². The van der Waals surface area contributed by atoms with Crippen molar-refractivity contribution in [3.8, 4) is 21.8 Å². The van der Waals surface area contributed by atoms with Gasteiger partial charge in [0.1, 0.15) is 5.01 Å². The molecular formula is C15H10N3O2S-. The fourth-order valence-electron chi connectivity index (χ4n) is 2.00. The minimum atomic E-state index is -1.25. The van der Waals surface area contributed by atoms with Gasteiger partial charge in [0, 0.05) is 46.9 Å². The number of carbonyl (C=O) groups is 1. The molecule has 104 valence electrons. The van der Waals surface area contributed by atoms with Gasteiger partial charge in [0.15, 0.2) is 0 Å². The van der Waals surface area contributed by atoms with Crippen LogP contribution in [-0.4, -0.2) is 20.9 Å². The molecule has 3 aromatic heterocycles. The van der Waals surface area contributed by atoms with E-state index in [0.29, 0.717) is 16.3 Å².